The first kappa shape index (κ1) is 8.90. The second kappa shape index (κ2) is 3.06. The largest absolute Gasteiger partial charge is 0.489 e. The minimum absolute atomic E-state index is 0.543. The molecule has 3 aromatic rings. The highest BCUT2D eigenvalue weighted by Gasteiger charge is 2.17. The van der Waals surface area contributed by atoms with E-state index in [2.05, 4.69) is 4.98 Å². The maximum atomic E-state index is 9.22. The average Bonchev–Trinajstić information content (AvgIpc) is 2.75. The van der Waals surface area contributed by atoms with Crippen LogP contribution >= 0.6 is 11.3 Å². The number of hydrogen-bond acceptors (Lipinski definition) is 4. The predicted octanol–water partition coefficient (Wildman–Crippen LogP) is 0.229. The molecule has 0 saturated carbocycles. The molecule has 0 bridgehead atoms. The Balaban J connectivity index is 2.48. The Morgan fingerprint density at radius 2 is 2.20 bits per heavy atom. The Hall–Kier alpha value is -1.37. The van der Waals surface area contributed by atoms with Crippen LogP contribution in [0.15, 0.2) is 30.7 Å². The third-order valence-corrected chi connectivity index (χ3v) is 3.53. The van der Waals surface area contributed by atoms with Crippen LogP contribution in [-0.4, -0.2) is 26.6 Å². The zero-order valence-electron chi connectivity index (χ0n) is 7.66. The van der Waals surface area contributed by atoms with E-state index >= 15 is 0 Å². The van der Waals surface area contributed by atoms with Crippen molar-refractivity contribution in [2.75, 3.05) is 0 Å². The smallest absolute Gasteiger partial charge is 0.423 e. The van der Waals surface area contributed by atoms with Crippen molar-refractivity contribution in [2.24, 2.45) is 0 Å². The number of aromatic nitrogens is 2. The van der Waals surface area contributed by atoms with Gasteiger partial charge in [0.05, 0.1) is 16.4 Å². The van der Waals surface area contributed by atoms with Crippen LogP contribution in [0.5, 0.6) is 0 Å². The summed E-state index contributed by atoms with van der Waals surface area (Å²) in [5.74, 6) is 0. The first-order chi connectivity index (χ1) is 7.27. The van der Waals surface area contributed by atoms with E-state index < -0.39 is 7.12 Å². The summed E-state index contributed by atoms with van der Waals surface area (Å²) in [5.41, 5.74) is 1.50. The number of imidazole rings is 1. The van der Waals surface area contributed by atoms with Gasteiger partial charge in [-0.25, -0.2) is 4.98 Å². The Labute approximate surface area is 89.6 Å². The Morgan fingerprint density at radius 1 is 1.33 bits per heavy atom. The predicted molar refractivity (Wildman–Crippen MR) is 60.4 cm³/mol. The summed E-state index contributed by atoms with van der Waals surface area (Å²) in [7, 11) is -1.43. The van der Waals surface area contributed by atoms with Gasteiger partial charge in [0.2, 0.25) is 0 Å². The minimum Gasteiger partial charge on any atom is -0.423 e. The number of nitrogens with zero attached hydrogens (tertiary/aromatic N) is 2. The second-order valence-electron chi connectivity index (χ2n) is 3.27. The van der Waals surface area contributed by atoms with Gasteiger partial charge in [0.25, 0.3) is 0 Å². The van der Waals surface area contributed by atoms with Crippen molar-refractivity contribution in [1.82, 2.24) is 9.38 Å². The van der Waals surface area contributed by atoms with Gasteiger partial charge in [-0.3, -0.25) is 4.40 Å². The van der Waals surface area contributed by atoms with E-state index in [0.29, 0.717) is 5.46 Å². The maximum absolute atomic E-state index is 9.22. The van der Waals surface area contributed by atoms with Gasteiger partial charge in [-0.05, 0) is 6.07 Å². The lowest BCUT2D eigenvalue weighted by Gasteiger charge is -1.99. The zero-order chi connectivity index (χ0) is 10.4. The molecule has 0 atom stereocenters. The Kier molecular flexibility index (Phi) is 1.82. The van der Waals surface area contributed by atoms with Crippen LogP contribution in [0.1, 0.15) is 0 Å². The molecule has 0 unspecified atom stereocenters. The molecule has 3 rings (SSSR count). The van der Waals surface area contributed by atoms with Crippen LogP contribution in [0.25, 0.3) is 15.0 Å². The highest BCUT2D eigenvalue weighted by molar-refractivity contribution is 7.25. The number of rotatable bonds is 1. The van der Waals surface area contributed by atoms with Crippen LogP contribution < -0.4 is 5.46 Å². The molecule has 2 heterocycles. The standard InChI is InChI=1S/C9H7BN2O2S/c13-10(14)6-2-1-3-7-9(6)15-8-4-11-5-12(7)8/h1-5,13-14H. The van der Waals surface area contributed by atoms with E-state index in [0.717, 1.165) is 15.0 Å². The van der Waals surface area contributed by atoms with Crippen LogP contribution in [0.3, 0.4) is 0 Å². The van der Waals surface area contributed by atoms with Crippen molar-refractivity contribution >= 4 is 39.0 Å². The first-order valence-electron chi connectivity index (χ1n) is 4.47. The van der Waals surface area contributed by atoms with Crippen molar-refractivity contribution in [2.45, 2.75) is 0 Å². The summed E-state index contributed by atoms with van der Waals surface area (Å²) in [5, 5.41) is 18.4. The number of thiazole rings is 1. The highest BCUT2D eigenvalue weighted by Crippen LogP contribution is 2.24. The summed E-state index contributed by atoms with van der Waals surface area (Å²) in [4.78, 5) is 5.03. The molecule has 6 heteroatoms. The van der Waals surface area contributed by atoms with Crippen LogP contribution in [0, 0.1) is 0 Å². The summed E-state index contributed by atoms with van der Waals surface area (Å²) in [6.45, 7) is 0. The molecule has 1 aromatic carbocycles. The molecular formula is C9H7BN2O2S. The highest BCUT2D eigenvalue weighted by atomic mass is 32.1. The van der Waals surface area contributed by atoms with E-state index in [-0.39, 0.29) is 0 Å². The molecule has 0 aliphatic rings. The van der Waals surface area contributed by atoms with Crippen LogP contribution in [-0.2, 0) is 0 Å². The van der Waals surface area contributed by atoms with E-state index in [9.17, 15) is 10.0 Å². The molecule has 0 aliphatic heterocycles. The molecule has 0 amide bonds. The van der Waals surface area contributed by atoms with Crippen molar-refractivity contribution in [3.05, 3.63) is 30.7 Å². The molecule has 15 heavy (non-hydrogen) atoms. The molecule has 4 nitrogen and oxygen atoms in total. The van der Waals surface area contributed by atoms with E-state index in [1.165, 1.54) is 11.3 Å². The number of hydrogen-bond donors (Lipinski definition) is 2. The lowest BCUT2D eigenvalue weighted by atomic mass is 9.80. The van der Waals surface area contributed by atoms with Gasteiger partial charge in [0.1, 0.15) is 11.2 Å². The van der Waals surface area contributed by atoms with Crippen LogP contribution in [0.4, 0.5) is 0 Å². The molecule has 0 saturated heterocycles. The fourth-order valence-electron chi connectivity index (χ4n) is 1.69. The summed E-state index contributed by atoms with van der Waals surface area (Å²) in [6.07, 6.45) is 3.49. The lowest BCUT2D eigenvalue weighted by Crippen LogP contribution is -2.29. The molecule has 74 valence electrons. The quantitative estimate of drug-likeness (QED) is 0.575. The van der Waals surface area contributed by atoms with Crippen molar-refractivity contribution in [3.8, 4) is 0 Å². The van der Waals surface area contributed by atoms with E-state index in [1.54, 1.807) is 18.6 Å². The summed E-state index contributed by atoms with van der Waals surface area (Å²) >= 11 is 1.50. The van der Waals surface area contributed by atoms with Crippen LogP contribution in [0.2, 0.25) is 0 Å². The first-order valence-corrected chi connectivity index (χ1v) is 5.28. The minimum atomic E-state index is -1.43. The number of benzene rings is 1. The average molecular weight is 218 g/mol. The van der Waals surface area contributed by atoms with Gasteiger partial charge in [-0.15, -0.1) is 11.3 Å². The van der Waals surface area contributed by atoms with Gasteiger partial charge in [-0.1, -0.05) is 12.1 Å². The van der Waals surface area contributed by atoms with E-state index in [1.807, 2.05) is 16.5 Å². The normalized spacial score (nSPS) is 11.3. The van der Waals surface area contributed by atoms with Gasteiger partial charge < -0.3 is 10.0 Å². The molecule has 0 radical (unpaired) electrons. The SMILES string of the molecule is OB(O)c1cccc2c1sc1cncn12. The number of fused-ring (bicyclic) bond motifs is 3. The molecule has 2 N–H and O–H groups in total. The van der Waals surface area contributed by atoms with Gasteiger partial charge >= 0.3 is 7.12 Å². The summed E-state index contributed by atoms with van der Waals surface area (Å²) in [6, 6.07) is 5.46. The molecule has 0 aliphatic carbocycles. The molecule has 0 fully saturated rings. The second-order valence-corrected chi connectivity index (χ2v) is 4.30. The monoisotopic (exact) mass is 218 g/mol. The van der Waals surface area contributed by atoms with Gasteiger partial charge in [0.15, 0.2) is 0 Å². The Morgan fingerprint density at radius 3 is 3.00 bits per heavy atom. The van der Waals surface area contributed by atoms with Gasteiger partial charge in [-0.2, -0.15) is 0 Å². The zero-order valence-corrected chi connectivity index (χ0v) is 8.48. The maximum Gasteiger partial charge on any atom is 0.489 e. The fourth-order valence-corrected chi connectivity index (χ4v) is 2.82. The molecule has 2 aromatic heterocycles. The Bertz CT molecular complexity index is 631. The van der Waals surface area contributed by atoms with Crippen molar-refractivity contribution in [1.29, 1.82) is 0 Å². The molecular weight excluding hydrogens is 211 g/mol. The van der Waals surface area contributed by atoms with E-state index in [4.69, 9.17) is 0 Å². The van der Waals surface area contributed by atoms with Crippen molar-refractivity contribution < 1.29 is 10.0 Å². The molecule has 0 spiro atoms. The fraction of sp³-hybridized carbons (Fsp3) is 0. The third kappa shape index (κ3) is 1.19. The van der Waals surface area contributed by atoms with Crippen molar-refractivity contribution in [3.63, 3.8) is 0 Å². The third-order valence-electron chi connectivity index (χ3n) is 2.37. The topological polar surface area (TPSA) is 57.8 Å². The summed E-state index contributed by atoms with van der Waals surface area (Å²) < 4.78 is 2.83. The lowest BCUT2D eigenvalue weighted by molar-refractivity contribution is 0.426. The van der Waals surface area contributed by atoms with Gasteiger partial charge in [0, 0.05) is 5.46 Å².